The van der Waals surface area contributed by atoms with Gasteiger partial charge >= 0.3 is 0 Å². The molecule has 2 atom stereocenters. The van der Waals surface area contributed by atoms with Crippen LogP contribution in [0.15, 0.2) is 0 Å². The van der Waals surface area contributed by atoms with E-state index >= 15 is 0 Å². The average Bonchev–Trinajstić information content (AvgIpc) is 1.65. The van der Waals surface area contributed by atoms with E-state index in [0.717, 1.165) is 12.0 Å². The number of nitrogens with one attached hydrogen (secondary N) is 1. The maximum Gasteiger partial charge on any atom is 0.00791 e. The Hall–Kier alpha value is -0.0400. The number of hydrogen-bond donors (Lipinski definition) is 1. The first kappa shape index (κ1) is 5.10. The highest BCUT2D eigenvalue weighted by atomic mass is 15.0. The van der Waals surface area contributed by atoms with Gasteiger partial charge in [-0.2, -0.15) is 0 Å². The van der Waals surface area contributed by atoms with E-state index in [2.05, 4.69) is 19.2 Å². The Balaban J connectivity index is 2.16. The van der Waals surface area contributed by atoms with Crippen molar-refractivity contribution in [2.75, 3.05) is 6.54 Å². The number of hydrogen-bond acceptors (Lipinski definition) is 1. The van der Waals surface area contributed by atoms with Gasteiger partial charge in [-0.1, -0.05) is 13.3 Å². The molecule has 1 heteroatoms. The molecule has 1 nitrogen and oxygen atoms in total. The van der Waals surface area contributed by atoms with Gasteiger partial charge in [0.1, 0.15) is 0 Å². The zero-order valence-corrected chi connectivity index (χ0v) is 5.07. The van der Waals surface area contributed by atoms with Crippen LogP contribution in [0.1, 0.15) is 20.3 Å². The molecule has 7 heavy (non-hydrogen) atoms. The van der Waals surface area contributed by atoms with Crippen LogP contribution in [0.5, 0.6) is 0 Å². The van der Waals surface area contributed by atoms with Gasteiger partial charge < -0.3 is 5.32 Å². The molecule has 1 rings (SSSR count). The first-order valence-electron chi connectivity index (χ1n) is 3.08. The van der Waals surface area contributed by atoms with Gasteiger partial charge in [-0.15, -0.1) is 0 Å². The molecule has 0 saturated carbocycles. The lowest BCUT2D eigenvalue weighted by atomic mass is 9.91. The van der Waals surface area contributed by atoms with Crippen LogP contribution >= 0.6 is 0 Å². The molecule has 0 aromatic heterocycles. The summed E-state index contributed by atoms with van der Waals surface area (Å²) in [5, 5.41) is 3.31. The standard InChI is InChI=1S/C6H13N/c1-3-6-4-7-5(6)2/h5-7H,3-4H2,1-2H3. The second-order valence-electron chi connectivity index (χ2n) is 2.37. The maximum absolute atomic E-state index is 3.31. The molecule has 0 spiro atoms. The fraction of sp³-hybridized carbons (Fsp3) is 1.00. The lowest BCUT2D eigenvalue weighted by Gasteiger charge is -2.34. The number of rotatable bonds is 1. The minimum atomic E-state index is 0.796. The van der Waals surface area contributed by atoms with Gasteiger partial charge in [-0.25, -0.2) is 0 Å². The van der Waals surface area contributed by atoms with Gasteiger partial charge in [0.2, 0.25) is 0 Å². The quantitative estimate of drug-likeness (QED) is 0.517. The molecule has 1 fully saturated rings. The van der Waals surface area contributed by atoms with Crippen molar-refractivity contribution in [2.24, 2.45) is 5.92 Å². The van der Waals surface area contributed by atoms with Crippen LogP contribution in [0, 0.1) is 5.92 Å². The van der Waals surface area contributed by atoms with Gasteiger partial charge in [0.05, 0.1) is 0 Å². The summed E-state index contributed by atoms with van der Waals surface area (Å²) >= 11 is 0. The zero-order valence-electron chi connectivity index (χ0n) is 5.07. The summed E-state index contributed by atoms with van der Waals surface area (Å²) in [4.78, 5) is 0. The molecule has 0 aliphatic carbocycles. The first-order valence-corrected chi connectivity index (χ1v) is 3.08. The second kappa shape index (κ2) is 1.83. The third-order valence-corrected chi connectivity index (χ3v) is 1.93. The molecule has 42 valence electrons. The molecule has 0 amide bonds. The minimum Gasteiger partial charge on any atom is -0.314 e. The topological polar surface area (TPSA) is 12.0 Å². The van der Waals surface area contributed by atoms with E-state index in [9.17, 15) is 0 Å². The Morgan fingerprint density at radius 2 is 2.43 bits per heavy atom. The largest absolute Gasteiger partial charge is 0.314 e. The lowest BCUT2D eigenvalue weighted by molar-refractivity contribution is 0.244. The third-order valence-electron chi connectivity index (χ3n) is 1.93. The molecule has 1 saturated heterocycles. The first-order chi connectivity index (χ1) is 3.34. The van der Waals surface area contributed by atoms with Crippen molar-refractivity contribution < 1.29 is 0 Å². The Morgan fingerprint density at radius 1 is 1.71 bits per heavy atom. The van der Waals surface area contributed by atoms with E-state index < -0.39 is 0 Å². The van der Waals surface area contributed by atoms with Crippen LogP contribution < -0.4 is 5.32 Å². The molecule has 0 aromatic rings. The molecule has 1 N–H and O–H groups in total. The molecule has 0 aromatic carbocycles. The van der Waals surface area contributed by atoms with Crippen molar-refractivity contribution in [3.05, 3.63) is 0 Å². The maximum atomic E-state index is 3.31. The molecule has 1 aliphatic rings. The van der Waals surface area contributed by atoms with Crippen molar-refractivity contribution in [1.29, 1.82) is 0 Å². The van der Waals surface area contributed by atoms with Gasteiger partial charge in [-0.05, 0) is 19.4 Å². The van der Waals surface area contributed by atoms with Crippen LogP contribution in [0.25, 0.3) is 0 Å². The fourth-order valence-corrected chi connectivity index (χ4v) is 1.02. The van der Waals surface area contributed by atoms with Gasteiger partial charge in [0.15, 0.2) is 0 Å². The molecule has 2 unspecified atom stereocenters. The average molecular weight is 99.2 g/mol. The van der Waals surface area contributed by atoms with E-state index in [1.165, 1.54) is 13.0 Å². The van der Waals surface area contributed by atoms with Crippen LogP contribution in [0.2, 0.25) is 0 Å². The van der Waals surface area contributed by atoms with Crippen molar-refractivity contribution in [3.63, 3.8) is 0 Å². The Morgan fingerprint density at radius 3 is 2.43 bits per heavy atom. The molecule has 0 bridgehead atoms. The van der Waals surface area contributed by atoms with E-state index in [0.29, 0.717) is 0 Å². The van der Waals surface area contributed by atoms with Crippen LogP contribution in [-0.2, 0) is 0 Å². The zero-order chi connectivity index (χ0) is 5.28. The van der Waals surface area contributed by atoms with Crippen molar-refractivity contribution in [3.8, 4) is 0 Å². The predicted molar refractivity (Wildman–Crippen MR) is 31.2 cm³/mol. The van der Waals surface area contributed by atoms with Crippen LogP contribution in [0.4, 0.5) is 0 Å². The fourth-order valence-electron chi connectivity index (χ4n) is 1.02. The van der Waals surface area contributed by atoms with Gasteiger partial charge in [-0.3, -0.25) is 0 Å². The van der Waals surface area contributed by atoms with E-state index in [1.807, 2.05) is 0 Å². The van der Waals surface area contributed by atoms with Gasteiger partial charge in [0, 0.05) is 6.04 Å². The molecular formula is C6H13N. The van der Waals surface area contributed by atoms with Crippen molar-refractivity contribution in [1.82, 2.24) is 5.32 Å². The summed E-state index contributed by atoms with van der Waals surface area (Å²) < 4.78 is 0. The van der Waals surface area contributed by atoms with Crippen LogP contribution in [-0.4, -0.2) is 12.6 Å². The highest BCUT2D eigenvalue weighted by Crippen LogP contribution is 2.14. The molecule has 0 radical (unpaired) electrons. The van der Waals surface area contributed by atoms with E-state index in [4.69, 9.17) is 0 Å². The Bertz CT molecular complexity index is 59.2. The third kappa shape index (κ3) is 0.778. The summed E-state index contributed by atoms with van der Waals surface area (Å²) in [5.74, 6) is 0.972. The second-order valence-corrected chi connectivity index (χ2v) is 2.37. The highest BCUT2D eigenvalue weighted by molar-refractivity contribution is 4.82. The summed E-state index contributed by atoms with van der Waals surface area (Å²) in [6.07, 6.45) is 1.34. The summed E-state index contributed by atoms with van der Waals surface area (Å²) in [6, 6.07) is 0.796. The minimum absolute atomic E-state index is 0.796. The SMILES string of the molecule is CCC1CNC1C. The van der Waals surface area contributed by atoms with E-state index in [-0.39, 0.29) is 0 Å². The summed E-state index contributed by atoms with van der Waals surface area (Å²) in [6.45, 7) is 5.75. The Kier molecular flexibility index (Phi) is 1.33. The summed E-state index contributed by atoms with van der Waals surface area (Å²) in [7, 11) is 0. The van der Waals surface area contributed by atoms with Crippen molar-refractivity contribution >= 4 is 0 Å². The predicted octanol–water partition coefficient (Wildman–Crippen LogP) is 1.00. The Labute approximate surface area is 45.1 Å². The molecule has 1 heterocycles. The van der Waals surface area contributed by atoms with Gasteiger partial charge in [0.25, 0.3) is 0 Å². The van der Waals surface area contributed by atoms with Crippen LogP contribution in [0.3, 0.4) is 0 Å². The van der Waals surface area contributed by atoms with Crippen molar-refractivity contribution in [2.45, 2.75) is 26.3 Å². The lowest BCUT2D eigenvalue weighted by Crippen LogP contribution is -2.50. The molecular weight excluding hydrogens is 86.1 g/mol. The molecule has 1 aliphatic heterocycles. The normalized spacial score (nSPS) is 40.3. The monoisotopic (exact) mass is 99.1 g/mol. The van der Waals surface area contributed by atoms with E-state index in [1.54, 1.807) is 0 Å². The summed E-state index contributed by atoms with van der Waals surface area (Å²) in [5.41, 5.74) is 0. The highest BCUT2D eigenvalue weighted by Gasteiger charge is 2.22. The smallest absolute Gasteiger partial charge is 0.00791 e.